The molecule has 1 atom stereocenters. The molecule has 1 heterocycles. The monoisotopic (exact) mass is 256 g/mol. The molecule has 1 N–H and O–H groups in total. The second-order valence-electron chi connectivity index (χ2n) is 7.30. The van der Waals surface area contributed by atoms with Crippen LogP contribution in [0.25, 0.3) is 0 Å². The van der Waals surface area contributed by atoms with Crippen LogP contribution in [0, 0.1) is 11.3 Å². The summed E-state index contributed by atoms with van der Waals surface area (Å²) in [7, 11) is 0. The van der Waals surface area contributed by atoms with Crippen LogP contribution < -0.4 is 5.32 Å². The van der Waals surface area contributed by atoms with E-state index < -0.39 is 0 Å². The van der Waals surface area contributed by atoms with Crippen molar-refractivity contribution in [2.24, 2.45) is 16.3 Å². The summed E-state index contributed by atoms with van der Waals surface area (Å²) < 4.78 is 0. The number of thioether (sulfide) groups is 1. The zero-order valence-corrected chi connectivity index (χ0v) is 13.2. The van der Waals surface area contributed by atoms with Gasteiger partial charge in [0.1, 0.15) is 0 Å². The van der Waals surface area contributed by atoms with E-state index in [9.17, 15) is 0 Å². The van der Waals surface area contributed by atoms with Gasteiger partial charge in [-0.25, -0.2) is 0 Å². The van der Waals surface area contributed by atoms with Gasteiger partial charge in [0.15, 0.2) is 5.17 Å². The normalized spacial score (nSPS) is 21.9. The molecule has 0 saturated carbocycles. The molecule has 3 heteroatoms. The fourth-order valence-corrected chi connectivity index (χ4v) is 3.81. The van der Waals surface area contributed by atoms with Crippen molar-refractivity contribution in [3.63, 3.8) is 0 Å². The smallest absolute Gasteiger partial charge is 0.157 e. The Hall–Kier alpha value is -0.180. The summed E-state index contributed by atoms with van der Waals surface area (Å²) in [6.07, 6.45) is 1.14. The number of rotatable bonds is 3. The van der Waals surface area contributed by atoms with E-state index in [1.165, 1.54) is 0 Å². The van der Waals surface area contributed by atoms with Crippen molar-refractivity contribution in [3.05, 3.63) is 0 Å². The Balaban J connectivity index is 2.57. The highest BCUT2D eigenvalue weighted by atomic mass is 32.2. The van der Waals surface area contributed by atoms with E-state index in [2.05, 4.69) is 53.8 Å². The Morgan fingerprint density at radius 3 is 2.29 bits per heavy atom. The first-order valence-electron chi connectivity index (χ1n) is 6.58. The van der Waals surface area contributed by atoms with Gasteiger partial charge in [0.25, 0.3) is 0 Å². The van der Waals surface area contributed by atoms with Crippen molar-refractivity contribution in [2.75, 3.05) is 5.75 Å². The SMILES string of the molecule is CC(C)C1CSC(NC(C)(C)CC(C)(C)C)=N1. The van der Waals surface area contributed by atoms with Gasteiger partial charge in [-0.3, -0.25) is 4.99 Å². The van der Waals surface area contributed by atoms with Crippen molar-refractivity contribution in [1.29, 1.82) is 0 Å². The summed E-state index contributed by atoms with van der Waals surface area (Å²) in [6, 6.07) is 0.493. The minimum atomic E-state index is 0.121. The number of hydrogen-bond donors (Lipinski definition) is 1. The summed E-state index contributed by atoms with van der Waals surface area (Å²) in [5.41, 5.74) is 0.466. The van der Waals surface area contributed by atoms with E-state index in [-0.39, 0.29) is 5.54 Å². The van der Waals surface area contributed by atoms with Crippen LogP contribution in [0.5, 0.6) is 0 Å². The number of nitrogens with one attached hydrogen (secondary N) is 1. The lowest BCUT2D eigenvalue weighted by molar-refractivity contribution is 0.268. The first-order valence-corrected chi connectivity index (χ1v) is 7.56. The predicted molar refractivity (Wildman–Crippen MR) is 79.8 cm³/mol. The van der Waals surface area contributed by atoms with Gasteiger partial charge in [-0.1, -0.05) is 46.4 Å². The first-order chi connectivity index (χ1) is 7.59. The molecule has 1 aliphatic rings. The van der Waals surface area contributed by atoms with Crippen LogP contribution in [0.15, 0.2) is 4.99 Å². The van der Waals surface area contributed by atoms with Gasteiger partial charge in [-0.15, -0.1) is 0 Å². The topological polar surface area (TPSA) is 24.4 Å². The molecule has 1 rings (SSSR count). The van der Waals surface area contributed by atoms with E-state index in [0.717, 1.165) is 17.3 Å². The maximum atomic E-state index is 4.77. The lowest BCUT2D eigenvalue weighted by Crippen LogP contribution is -2.44. The molecule has 17 heavy (non-hydrogen) atoms. The summed E-state index contributed by atoms with van der Waals surface area (Å²) in [4.78, 5) is 4.77. The van der Waals surface area contributed by atoms with Crippen molar-refractivity contribution in [1.82, 2.24) is 5.32 Å². The summed E-state index contributed by atoms with van der Waals surface area (Å²) in [5.74, 6) is 1.78. The van der Waals surface area contributed by atoms with Crippen LogP contribution in [0.2, 0.25) is 0 Å². The lowest BCUT2D eigenvalue weighted by Gasteiger charge is -2.33. The molecule has 0 spiro atoms. The molecule has 2 nitrogen and oxygen atoms in total. The highest BCUT2D eigenvalue weighted by molar-refractivity contribution is 8.14. The highest BCUT2D eigenvalue weighted by Crippen LogP contribution is 2.29. The third-order valence-corrected chi connectivity index (χ3v) is 3.85. The van der Waals surface area contributed by atoms with E-state index in [0.29, 0.717) is 17.4 Å². The fraction of sp³-hybridized carbons (Fsp3) is 0.929. The largest absolute Gasteiger partial charge is 0.360 e. The van der Waals surface area contributed by atoms with Crippen LogP contribution >= 0.6 is 11.8 Å². The van der Waals surface area contributed by atoms with E-state index in [1.54, 1.807) is 0 Å². The molecule has 0 aromatic heterocycles. The Morgan fingerprint density at radius 1 is 1.29 bits per heavy atom. The van der Waals surface area contributed by atoms with Crippen LogP contribution in [0.1, 0.15) is 54.9 Å². The first kappa shape index (κ1) is 14.9. The number of nitrogens with zero attached hydrogens (tertiary/aromatic N) is 1. The summed E-state index contributed by atoms with van der Waals surface area (Å²) in [5, 5.41) is 4.75. The second kappa shape index (κ2) is 5.21. The maximum Gasteiger partial charge on any atom is 0.157 e. The molecule has 0 bridgehead atoms. The number of amidine groups is 1. The Labute approximate surface area is 111 Å². The second-order valence-corrected chi connectivity index (χ2v) is 8.31. The summed E-state index contributed by atoms with van der Waals surface area (Å²) in [6.45, 7) is 15.9. The molecular weight excluding hydrogens is 228 g/mol. The van der Waals surface area contributed by atoms with E-state index >= 15 is 0 Å². The van der Waals surface area contributed by atoms with Gasteiger partial charge in [0.05, 0.1) is 6.04 Å². The molecule has 0 amide bonds. The number of hydrogen-bond acceptors (Lipinski definition) is 3. The quantitative estimate of drug-likeness (QED) is 0.827. The van der Waals surface area contributed by atoms with Gasteiger partial charge in [0, 0.05) is 11.3 Å². The van der Waals surface area contributed by atoms with Crippen LogP contribution in [-0.2, 0) is 0 Å². The van der Waals surface area contributed by atoms with Gasteiger partial charge < -0.3 is 5.32 Å². The fourth-order valence-electron chi connectivity index (χ4n) is 2.46. The molecular formula is C14H28N2S. The van der Waals surface area contributed by atoms with Crippen molar-refractivity contribution >= 4 is 16.9 Å². The minimum absolute atomic E-state index is 0.121. The van der Waals surface area contributed by atoms with Crippen LogP contribution in [-0.4, -0.2) is 22.5 Å². The zero-order valence-electron chi connectivity index (χ0n) is 12.4. The highest BCUT2D eigenvalue weighted by Gasteiger charge is 2.29. The molecule has 0 fully saturated rings. The number of aliphatic imine (C=N–C) groups is 1. The van der Waals surface area contributed by atoms with Crippen molar-refractivity contribution in [2.45, 2.75) is 66.5 Å². The molecule has 1 unspecified atom stereocenters. The van der Waals surface area contributed by atoms with E-state index in [4.69, 9.17) is 4.99 Å². The summed E-state index contributed by atoms with van der Waals surface area (Å²) >= 11 is 1.87. The molecule has 0 aromatic rings. The van der Waals surface area contributed by atoms with Crippen molar-refractivity contribution in [3.8, 4) is 0 Å². The van der Waals surface area contributed by atoms with Gasteiger partial charge in [-0.05, 0) is 31.6 Å². The van der Waals surface area contributed by atoms with Crippen molar-refractivity contribution < 1.29 is 0 Å². The van der Waals surface area contributed by atoms with E-state index in [1.807, 2.05) is 11.8 Å². The van der Waals surface area contributed by atoms with Crippen LogP contribution in [0.3, 0.4) is 0 Å². The predicted octanol–water partition coefficient (Wildman–Crippen LogP) is 3.92. The molecule has 0 saturated heterocycles. The zero-order chi connectivity index (χ0) is 13.3. The Bertz CT molecular complexity index is 287. The minimum Gasteiger partial charge on any atom is -0.360 e. The van der Waals surface area contributed by atoms with Gasteiger partial charge >= 0.3 is 0 Å². The average molecular weight is 256 g/mol. The van der Waals surface area contributed by atoms with Gasteiger partial charge in [-0.2, -0.15) is 0 Å². The third kappa shape index (κ3) is 5.33. The van der Waals surface area contributed by atoms with Crippen LogP contribution in [0.4, 0.5) is 0 Å². The third-order valence-electron chi connectivity index (χ3n) is 2.86. The Kier molecular flexibility index (Phi) is 4.56. The molecule has 0 aliphatic carbocycles. The molecule has 100 valence electrons. The average Bonchev–Trinajstić information content (AvgIpc) is 2.46. The lowest BCUT2D eigenvalue weighted by atomic mass is 9.82. The van der Waals surface area contributed by atoms with Gasteiger partial charge in [0.2, 0.25) is 0 Å². The Morgan fingerprint density at radius 2 is 1.88 bits per heavy atom. The maximum absolute atomic E-state index is 4.77. The molecule has 0 aromatic carbocycles. The standard InChI is InChI=1S/C14H28N2S/c1-10(2)11-8-17-12(15-11)16-14(6,7)9-13(3,4)5/h10-11H,8-9H2,1-7H3,(H,15,16). The molecule has 1 aliphatic heterocycles. The molecule has 0 radical (unpaired) electrons.